The van der Waals surface area contributed by atoms with Crippen LogP contribution >= 0.6 is 12.4 Å². The Morgan fingerprint density at radius 3 is 2.70 bits per heavy atom. The van der Waals surface area contributed by atoms with Crippen LogP contribution in [0.3, 0.4) is 0 Å². The highest BCUT2D eigenvalue weighted by Crippen LogP contribution is 2.23. The summed E-state index contributed by atoms with van der Waals surface area (Å²) in [5.74, 6) is -0.630. The van der Waals surface area contributed by atoms with Crippen LogP contribution in [0.5, 0.6) is 0 Å². The summed E-state index contributed by atoms with van der Waals surface area (Å²) in [6, 6.07) is 3.09. The summed E-state index contributed by atoms with van der Waals surface area (Å²) >= 11 is 0. The zero-order valence-electron chi connectivity index (χ0n) is 13.3. The van der Waals surface area contributed by atoms with Gasteiger partial charge in [-0.05, 0) is 24.5 Å². The molecule has 1 atom stereocenters. The number of H-pyrrole nitrogens is 1. The van der Waals surface area contributed by atoms with Crippen LogP contribution in [0.4, 0.5) is 5.69 Å². The van der Waals surface area contributed by atoms with Gasteiger partial charge in [0.15, 0.2) is 0 Å². The second-order valence-electron chi connectivity index (χ2n) is 5.62. The number of aryl methyl sites for hydroxylation is 1. The predicted octanol–water partition coefficient (Wildman–Crippen LogP) is 1.33. The molecule has 0 saturated carbocycles. The summed E-state index contributed by atoms with van der Waals surface area (Å²) in [5, 5.41) is 13.1. The Kier molecular flexibility index (Phi) is 6.53. The van der Waals surface area contributed by atoms with Gasteiger partial charge in [0.2, 0.25) is 11.8 Å². The van der Waals surface area contributed by atoms with Crippen LogP contribution < -0.4 is 16.4 Å². The van der Waals surface area contributed by atoms with E-state index < -0.39 is 6.04 Å². The Morgan fingerprint density at radius 2 is 2.04 bits per heavy atom. The van der Waals surface area contributed by atoms with E-state index in [4.69, 9.17) is 5.73 Å². The first-order chi connectivity index (χ1) is 10.4. The van der Waals surface area contributed by atoms with Gasteiger partial charge < -0.3 is 16.4 Å². The van der Waals surface area contributed by atoms with Gasteiger partial charge in [0.05, 0.1) is 30.0 Å². The second kappa shape index (κ2) is 7.94. The maximum absolute atomic E-state index is 12.0. The first-order valence-corrected chi connectivity index (χ1v) is 7.16. The van der Waals surface area contributed by atoms with E-state index in [9.17, 15) is 9.59 Å². The molecule has 7 nitrogen and oxygen atoms in total. The number of nitrogens with one attached hydrogen (secondary N) is 3. The van der Waals surface area contributed by atoms with Crippen LogP contribution in [0.15, 0.2) is 18.3 Å². The largest absolute Gasteiger partial charge is 0.346 e. The minimum atomic E-state index is -0.619. The molecule has 0 unspecified atom stereocenters. The third kappa shape index (κ3) is 4.43. The van der Waals surface area contributed by atoms with Crippen LogP contribution in [-0.2, 0) is 9.59 Å². The zero-order valence-corrected chi connectivity index (χ0v) is 14.2. The number of benzene rings is 1. The van der Waals surface area contributed by atoms with E-state index in [1.807, 2.05) is 26.8 Å². The summed E-state index contributed by atoms with van der Waals surface area (Å²) in [5.41, 5.74) is 8.18. The summed E-state index contributed by atoms with van der Waals surface area (Å²) < 4.78 is 0. The first kappa shape index (κ1) is 18.9. The number of nitrogens with zero attached hydrogens (tertiary/aromatic N) is 1. The lowest BCUT2D eigenvalue weighted by atomic mass is 10.1. The van der Waals surface area contributed by atoms with Crippen molar-refractivity contribution in [1.29, 1.82) is 0 Å². The molecule has 0 spiro atoms. The molecule has 23 heavy (non-hydrogen) atoms. The number of nitrogens with two attached hydrogens (primary N) is 1. The van der Waals surface area contributed by atoms with Crippen molar-refractivity contribution in [2.24, 2.45) is 11.7 Å². The smallest absolute Gasteiger partial charge is 0.243 e. The molecule has 0 aliphatic carbocycles. The normalized spacial score (nSPS) is 11.9. The molecule has 0 aliphatic heterocycles. The first-order valence-electron chi connectivity index (χ1n) is 7.16. The second-order valence-corrected chi connectivity index (χ2v) is 5.62. The number of hydrogen-bond donors (Lipinski definition) is 4. The van der Waals surface area contributed by atoms with Crippen molar-refractivity contribution in [1.82, 2.24) is 15.5 Å². The molecule has 2 amide bonds. The monoisotopic (exact) mass is 339 g/mol. The van der Waals surface area contributed by atoms with Gasteiger partial charge in [-0.15, -0.1) is 12.4 Å². The molecule has 0 bridgehead atoms. The van der Waals surface area contributed by atoms with Crippen molar-refractivity contribution in [3.63, 3.8) is 0 Å². The van der Waals surface area contributed by atoms with E-state index in [0.29, 0.717) is 5.69 Å². The number of fused-ring (bicyclic) bond motifs is 1. The van der Waals surface area contributed by atoms with Crippen molar-refractivity contribution >= 4 is 40.8 Å². The lowest BCUT2D eigenvalue weighted by Crippen LogP contribution is -2.46. The van der Waals surface area contributed by atoms with E-state index >= 15 is 0 Å². The quantitative estimate of drug-likeness (QED) is 0.658. The van der Waals surface area contributed by atoms with E-state index in [-0.39, 0.29) is 36.7 Å². The zero-order chi connectivity index (χ0) is 16.3. The Labute approximate surface area is 140 Å². The van der Waals surface area contributed by atoms with Gasteiger partial charge in [-0.2, -0.15) is 5.10 Å². The van der Waals surface area contributed by atoms with E-state index in [0.717, 1.165) is 16.5 Å². The molecule has 0 fully saturated rings. The molecule has 1 aromatic heterocycles. The fraction of sp³-hybridized carbons (Fsp3) is 0.400. The van der Waals surface area contributed by atoms with Gasteiger partial charge >= 0.3 is 0 Å². The predicted molar refractivity (Wildman–Crippen MR) is 92.5 cm³/mol. The van der Waals surface area contributed by atoms with Crippen LogP contribution in [0, 0.1) is 12.8 Å². The molecule has 8 heteroatoms. The lowest BCUT2D eigenvalue weighted by molar-refractivity contribution is -0.125. The highest BCUT2D eigenvalue weighted by molar-refractivity contribution is 6.02. The van der Waals surface area contributed by atoms with E-state index in [2.05, 4.69) is 20.8 Å². The van der Waals surface area contributed by atoms with Gasteiger partial charge in [0.1, 0.15) is 0 Å². The van der Waals surface area contributed by atoms with Gasteiger partial charge in [0, 0.05) is 5.39 Å². The molecule has 126 valence electrons. The summed E-state index contributed by atoms with van der Waals surface area (Å²) in [6.07, 6.45) is 1.71. The Balaban J connectivity index is 0.00000264. The molecule has 2 aromatic rings. The average molecular weight is 340 g/mol. The number of rotatable bonds is 5. The molecule has 0 saturated heterocycles. The molecular weight excluding hydrogens is 318 g/mol. The van der Waals surface area contributed by atoms with Gasteiger partial charge in [0.25, 0.3) is 0 Å². The molecule has 0 radical (unpaired) electrons. The standard InChI is InChI=1S/C15H21N5O2.ClH/c1-8(2)13(16)15(22)17-7-12(21)19-11-5-4-9(3)10-6-18-20-14(10)11;/h4-6,8,13H,7,16H2,1-3H3,(H,17,22)(H,18,20)(H,19,21);1H/t13-;/m0./s1. The highest BCUT2D eigenvalue weighted by atomic mass is 35.5. The van der Waals surface area contributed by atoms with Crippen molar-refractivity contribution in [2.75, 3.05) is 11.9 Å². The summed E-state index contributed by atoms with van der Waals surface area (Å²) in [4.78, 5) is 23.7. The van der Waals surface area contributed by atoms with Crippen LogP contribution in [0.25, 0.3) is 10.9 Å². The maximum atomic E-state index is 12.0. The van der Waals surface area contributed by atoms with Gasteiger partial charge in [-0.1, -0.05) is 19.9 Å². The fourth-order valence-electron chi connectivity index (χ4n) is 2.06. The Morgan fingerprint density at radius 1 is 1.35 bits per heavy atom. The summed E-state index contributed by atoms with van der Waals surface area (Å²) in [6.45, 7) is 5.55. The van der Waals surface area contributed by atoms with Gasteiger partial charge in [-0.25, -0.2) is 0 Å². The number of amides is 2. The molecular formula is C15H22ClN5O2. The number of halogens is 1. The minimum Gasteiger partial charge on any atom is -0.346 e. The Bertz CT molecular complexity index is 698. The fourth-order valence-corrected chi connectivity index (χ4v) is 2.06. The van der Waals surface area contributed by atoms with Crippen molar-refractivity contribution < 1.29 is 9.59 Å². The minimum absolute atomic E-state index is 0. The summed E-state index contributed by atoms with van der Waals surface area (Å²) in [7, 11) is 0. The third-order valence-corrected chi connectivity index (χ3v) is 3.55. The van der Waals surface area contributed by atoms with Crippen molar-refractivity contribution in [3.8, 4) is 0 Å². The van der Waals surface area contributed by atoms with Crippen LogP contribution in [-0.4, -0.2) is 34.6 Å². The number of carbonyl (C=O) groups excluding carboxylic acids is 2. The van der Waals surface area contributed by atoms with Crippen LogP contribution in [0.2, 0.25) is 0 Å². The molecule has 5 N–H and O–H groups in total. The SMILES string of the molecule is Cc1ccc(NC(=O)CNC(=O)[C@@H](N)C(C)C)c2[nH]ncc12.Cl. The molecule has 1 heterocycles. The number of anilines is 1. The number of hydrogen-bond acceptors (Lipinski definition) is 4. The molecule has 1 aromatic carbocycles. The Hall–Kier alpha value is -2.12. The van der Waals surface area contributed by atoms with E-state index in [1.165, 1.54) is 0 Å². The topological polar surface area (TPSA) is 113 Å². The van der Waals surface area contributed by atoms with Crippen LogP contribution in [0.1, 0.15) is 19.4 Å². The lowest BCUT2D eigenvalue weighted by Gasteiger charge is -2.15. The number of carbonyl (C=O) groups is 2. The number of aromatic nitrogens is 2. The molecule has 0 aliphatic rings. The van der Waals surface area contributed by atoms with E-state index in [1.54, 1.807) is 12.3 Å². The third-order valence-electron chi connectivity index (χ3n) is 3.55. The maximum Gasteiger partial charge on any atom is 0.243 e. The highest BCUT2D eigenvalue weighted by Gasteiger charge is 2.18. The van der Waals surface area contributed by atoms with Crippen molar-refractivity contribution in [2.45, 2.75) is 26.8 Å². The number of aromatic amines is 1. The molecule has 2 rings (SSSR count). The van der Waals surface area contributed by atoms with Crippen molar-refractivity contribution in [3.05, 3.63) is 23.9 Å². The average Bonchev–Trinajstić information content (AvgIpc) is 2.97. The van der Waals surface area contributed by atoms with Gasteiger partial charge in [-0.3, -0.25) is 14.7 Å².